The summed E-state index contributed by atoms with van der Waals surface area (Å²) in [5.41, 5.74) is 0. The highest BCUT2D eigenvalue weighted by Gasteiger charge is 2.20. The molecular weight excluding hydrogens is 216 g/mol. The van der Waals surface area contributed by atoms with Crippen LogP contribution in [0.15, 0.2) is 22.8 Å². The van der Waals surface area contributed by atoms with Crippen LogP contribution in [-0.4, -0.2) is 25.5 Å². The van der Waals surface area contributed by atoms with Crippen LogP contribution in [0.4, 0.5) is 0 Å². The Bertz CT molecular complexity index is 340. The number of hydrogen-bond acceptors (Lipinski definition) is 2. The molecule has 0 spiro atoms. The molecule has 4 nitrogen and oxygen atoms in total. The number of carbonyl (C=O) groups excluding carboxylic acids is 1. The van der Waals surface area contributed by atoms with Gasteiger partial charge in [-0.15, -0.1) is 0 Å². The first-order valence-electron chi connectivity index (χ1n) is 6.36. The summed E-state index contributed by atoms with van der Waals surface area (Å²) < 4.78 is 5.17. The number of quaternary nitrogens is 1. The maximum atomic E-state index is 11.7. The van der Waals surface area contributed by atoms with Crippen LogP contribution in [0.2, 0.25) is 0 Å². The van der Waals surface area contributed by atoms with Gasteiger partial charge in [0.25, 0.3) is 5.91 Å². The van der Waals surface area contributed by atoms with Gasteiger partial charge in [-0.05, 0) is 30.9 Å². The van der Waals surface area contributed by atoms with Gasteiger partial charge >= 0.3 is 0 Å². The second-order valence-electron chi connectivity index (χ2n) is 4.97. The molecule has 2 rings (SSSR count). The van der Waals surface area contributed by atoms with Crippen molar-refractivity contribution in [2.75, 3.05) is 19.6 Å². The third-order valence-electron chi connectivity index (χ3n) is 3.43. The molecule has 0 saturated carbocycles. The van der Waals surface area contributed by atoms with Crippen LogP contribution in [0, 0.1) is 5.92 Å². The largest absolute Gasteiger partial charge is 0.467 e. The Morgan fingerprint density at radius 1 is 1.53 bits per heavy atom. The molecule has 1 saturated heterocycles. The van der Waals surface area contributed by atoms with Gasteiger partial charge in [0, 0.05) is 0 Å². The minimum absolute atomic E-state index is 0.117. The zero-order valence-corrected chi connectivity index (χ0v) is 10.4. The quantitative estimate of drug-likeness (QED) is 0.786. The Morgan fingerprint density at radius 3 is 2.94 bits per heavy atom. The highest BCUT2D eigenvalue weighted by Crippen LogP contribution is 2.06. The highest BCUT2D eigenvalue weighted by molar-refractivity contribution is 5.76. The third kappa shape index (κ3) is 3.89. The first kappa shape index (κ1) is 12.2. The fraction of sp³-hybridized carbons (Fsp3) is 0.615. The number of amides is 1. The van der Waals surface area contributed by atoms with E-state index in [-0.39, 0.29) is 5.91 Å². The van der Waals surface area contributed by atoms with Gasteiger partial charge in [-0.25, -0.2) is 0 Å². The van der Waals surface area contributed by atoms with Crippen molar-refractivity contribution in [3.8, 4) is 0 Å². The molecule has 0 unspecified atom stereocenters. The Balaban J connectivity index is 1.67. The molecule has 2 N–H and O–H groups in total. The monoisotopic (exact) mass is 237 g/mol. The molecule has 1 aliphatic heterocycles. The molecule has 1 aliphatic rings. The minimum Gasteiger partial charge on any atom is -0.467 e. The maximum absolute atomic E-state index is 11.7. The van der Waals surface area contributed by atoms with E-state index in [0.29, 0.717) is 13.1 Å². The molecule has 2 heterocycles. The Hall–Kier alpha value is -1.29. The molecule has 1 fully saturated rings. The first-order chi connectivity index (χ1) is 8.24. The van der Waals surface area contributed by atoms with E-state index in [4.69, 9.17) is 4.42 Å². The molecule has 0 atom stereocenters. The van der Waals surface area contributed by atoms with Gasteiger partial charge < -0.3 is 14.6 Å². The average Bonchev–Trinajstić information content (AvgIpc) is 2.83. The summed E-state index contributed by atoms with van der Waals surface area (Å²) in [5.74, 6) is 1.75. The van der Waals surface area contributed by atoms with Crippen LogP contribution < -0.4 is 10.2 Å². The zero-order valence-electron chi connectivity index (χ0n) is 10.4. The fourth-order valence-electron chi connectivity index (χ4n) is 2.24. The standard InChI is InChI=1S/C13H20N2O2/c1-11-4-6-15(7-5-11)10-13(16)14-9-12-3-2-8-17-12/h2-3,8,11H,4-7,9-10H2,1H3,(H,14,16)/p+1. The summed E-state index contributed by atoms with van der Waals surface area (Å²) >= 11 is 0. The van der Waals surface area contributed by atoms with Crippen molar-refractivity contribution >= 4 is 5.91 Å². The van der Waals surface area contributed by atoms with Crippen molar-refractivity contribution in [3.05, 3.63) is 24.2 Å². The Morgan fingerprint density at radius 2 is 2.29 bits per heavy atom. The van der Waals surface area contributed by atoms with E-state index in [0.717, 1.165) is 24.8 Å². The van der Waals surface area contributed by atoms with Crippen molar-refractivity contribution in [3.63, 3.8) is 0 Å². The van der Waals surface area contributed by atoms with Crippen LogP contribution >= 0.6 is 0 Å². The first-order valence-corrected chi connectivity index (χ1v) is 6.36. The summed E-state index contributed by atoms with van der Waals surface area (Å²) in [6.07, 6.45) is 4.10. The minimum atomic E-state index is 0.117. The second-order valence-corrected chi connectivity index (χ2v) is 4.97. The SMILES string of the molecule is CC1CC[NH+](CC(=O)NCc2ccco2)CC1. The average molecular weight is 237 g/mol. The van der Waals surface area contributed by atoms with Crippen molar-refractivity contribution in [2.24, 2.45) is 5.92 Å². The van der Waals surface area contributed by atoms with Gasteiger partial charge in [-0.2, -0.15) is 0 Å². The predicted octanol–water partition coefficient (Wildman–Crippen LogP) is 0.211. The molecule has 1 amide bonds. The molecule has 0 bridgehead atoms. The molecule has 0 radical (unpaired) electrons. The lowest BCUT2D eigenvalue weighted by Crippen LogP contribution is -3.14. The van der Waals surface area contributed by atoms with E-state index in [9.17, 15) is 4.79 Å². The van der Waals surface area contributed by atoms with Gasteiger partial charge in [0.1, 0.15) is 5.76 Å². The molecule has 17 heavy (non-hydrogen) atoms. The van der Waals surface area contributed by atoms with Crippen LogP contribution in [-0.2, 0) is 11.3 Å². The van der Waals surface area contributed by atoms with Crippen LogP contribution in [0.1, 0.15) is 25.5 Å². The molecule has 1 aromatic rings. The molecule has 94 valence electrons. The Kier molecular flexibility index (Phi) is 4.20. The molecule has 0 aromatic carbocycles. The lowest BCUT2D eigenvalue weighted by Gasteiger charge is -2.26. The summed E-state index contributed by atoms with van der Waals surface area (Å²) in [6.45, 7) is 5.61. The second kappa shape index (κ2) is 5.87. The number of furan rings is 1. The topological polar surface area (TPSA) is 46.7 Å². The van der Waals surface area contributed by atoms with Crippen molar-refractivity contribution < 1.29 is 14.1 Å². The van der Waals surface area contributed by atoms with E-state index in [1.165, 1.54) is 17.7 Å². The zero-order chi connectivity index (χ0) is 12.1. The smallest absolute Gasteiger partial charge is 0.275 e. The van der Waals surface area contributed by atoms with Gasteiger partial charge in [-0.1, -0.05) is 6.92 Å². The number of likely N-dealkylation sites (tertiary alicyclic amines) is 1. The van der Waals surface area contributed by atoms with E-state index in [2.05, 4.69) is 12.2 Å². The molecular formula is C13H21N2O2+. The number of piperidine rings is 1. The summed E-state index contributed by atoms with van der Waals surface area (Å²) in [6, 6.07) is 3.70. The maximum Gasteiger partial charge on any atom is 0.275 e. The molecule has 0 aliphatic carbocycles. The third-order valence-corrected chi connectivity index (χ3v) is 3.43. The van der Waals surface area contributed by atoms with Crippen molar-refractivity contribution in [2.45, 2.75) is 26.3 Å². The van der Waals surface area contributed by atoms with Crippen LogP contribution in [0.5, 0.6) is 0 Å². The molecule has 4 heteroatoms. The van der Waals surface area contributed by atoms with Crippen LogP contribution in [0.3, 0.4) is 0 Å². The van der Waals surface area contributed by atoms with Gasteiger partial charge in [0.2, 0.25) is 0 Å². The highest BCUT2D eigenvalue weighted by atomic mass is 16.3. The normalized spacial score (nSPS) is 24.5. The van der Waals surface area contributed by atoms with Crippen molar-refractivity contribution in [1.82, 2.24) is 5.32 Å². The van der Waals surface area contributed by atoms with Gasteiger partial charge in [0.15, 0.2) is 6.54 Å². The molecule has 1 aromatic heterocycles. The summed E-state index contributed by atoms with van der Waals surface area (Å²) in [7, 11) is 0. The number of nitrogens with one attached hydrogen (secondary N) is 2. The lowest BCUT2D eigenvalue weighted by molar-refractivity contribution is -0.898. The summed E-state index contributed by atoms with van der Waals surface area (Å²) in [5, 5.41) is 2.89. The van der Waals surface area contributed by atoms with Gasteiger partial charge in [0.05, 0.1) is 25.9 Å². The number of carbonyl (C=O) groups is 1. The van der Waals surface area contributed by atoms with Crippen molar-refractivity contribution in [1.29, 1.82) is 0 Å². The van der Waals surface area contributed by atoms with E-state index in [1.807, 2.05) is 12.1 Å². The van der Waals surface area contributed by atoms with Gasteiger partial charge in [-0.3, -0.25) is 4.79 Å². The summed E-state index contributed by atoms with van der Waals surface area (Å²) in [4.78, 5) is 13.1. The van der Waals surface area contributed by atoms with E-state index >= 15 is 0 Å². The lowest BCUT2D eigenvalue weighted by atomic mass is 9.99. The number of hydrogen-bond donors (Lipinski definition) is 2. The number of rotatable bonds is 4. The van der Waals surface area contributed by atoms with E-state index < -0.39 is 0 Å². The van der Waals surface area contributed by atoms with Crippen LogP contribution in [0.25, 0.3) is 0 Å². The predicted molar refractivity (Wildman–Crippen MR) is 64.5 cm³/mol. The van der Waals surface area contributed by atoms with E-state index in [1.54, 1.807) is 6.26 Å². The Labute approximate surface area is 102 Å². The fourth-order valence-corrected chi connectivity index (χ4v) is 2.24.